The number of rotatable bonds is 5. The van der Waals surface area contributed by atoms with Crippen LogP contribution in [0.2, 0.25) is 0 Å². The quantitative estimate of drug-likeness (QED) is 0.895. The van der Waals surface area contributed by atoms with Gasteiger partial charge in [0.1, 0.15) is 11.8 Å². The van der Waals surface area contributed by atoms with Crippen LogP contribution in [0.3, 0.4) is 0 Å². The fourth-order valence-corrected chi connectivity index (χ4v) is 2.54. The highest BCUT2D eigenvalue weighted by Gasteiger charge is 2.34. The second kappa shape index (κ2) is 6.61. The summed E-state index contributed by atoms with van der Waals surface area (Å²) in [5.41, 5.74) is 0.964. The van der Waals surface area contributed by atoms with Gasteiger partial charge in [0, 0.05) is 6.54 Å². The Balaban J connectivity index is 2.19. The lowest BCUT2D eigenvalue weighted by molar-refractivity contribution is -0.146. The Hall–Kier alpha value is -2.04. The van der Waals surface area contributed by atoms with Crippen molar-refractivity contribution < 1.29 is 14.3 Å². The third-order valence-electron chi connectivity index (χ3n) is 3.59. The fraction of sp³-hybridized carbons (Fsp3) is 0.500. The highest BCUT2D eigenvalue weighted by Crippen LogP contribution is 2.20. The van der Waals surface area contributed by atoms with E-state index in [0.29, 0.717) is 18.9 Å². The predicted octanol–water partition coefficient (Wildman–Crippen LogP) is 1.57. The Bertz CT molecular complexity index is 528. The van der Waals surface area contributed by atoms with Crippen LogP contribution >= 0.6 is 0 Å². The molecule has 0 spiro atoms. The summed E-state index contributed by atoms with van der Waals surface area (Å²) in [6.07, 6.45) is 0.668. The molecule has 0 saturated carbocycles. The first kappa shape index (κ1) is 15.4. The molecule has 5 nitrogen and oxygen atoms in total. The number of piperazine rings is 1. The van der Waals surface area contributed by atoms with Crippen molar-refractivity contribution in [2.75, 3.05) is 13.7 Å². The molecule has 0 aromatic heterocycles. The van der Waals surface area contributed by atoms with Crippen LogP contribution in [0.5, 0.6) is 5.75 Å². The van der Waals surface area contributed by atoms with Crippen molar-refractivity contribution in [3.8, 4) is 5.75 Å². The summed E-state index contributed by atoms with van der Waals surface area (Å²) >= 11 is 0. The minimum atomic E-state index is -0.391. The molecule has 2 amide bonds. The number of nitrogens with zero attached hydrogens (tertiary/aromatic N) is 1. The van der Waals surface area contributed by atoms with Crippen molar-refractivity contribution in [1.29, 1.82) is 0 Å². The van der Waals surface area contributed by atoms with E-state index in [9.17, 15) is 9.59 Å². The van der Waals surface area contributed by atoms with Gasteiger partial charge in [-0.25, -0.2) is 0 Å². The van der Waals surface area contributed by atoms with Crippen LogP contribution in [-0.4, -0.2) is 36.4 Å². The molecule has 0 radical (unpaired) electrons. The van der Waals surface area contributed by atoms with E-state index < -0.39 is 6.04 Å². The van der Waals surface area contributed by atoms with Gasteiger partial charge in [-0.05, 0) is 30.0 Å². The van der Waals surface area contributed by atoms with Crippen LogP contribution in [-0.2, 0) is 16.1 Å². The first-order valence-corrected chi connectivity index (χ1v) is 7.21. The number of hydrogen-bond donors (Lipinski definition) is 1. The fourth-order valence-electron chi connectivity index (χ4n) is 2.54. The molecular weight excluding hydrogens is 268 g/mol. The smallest absolute Gasteiger partial charge is 0.243 e. The molecule has 1 aliphatic heterocycles. The van der Waals surface area contributed by atoms with E-state index in [1.807, 2.05) is 24.3 Å². The molecule has 1 N–H and O–H groups in total. The van der Waals surface area contributed by atoms with Crippen LogP contribution in [0.4, 0.5) is 0 Å². The van der Waals surface area contributed by atoms with Gasteiger partial charge in [-0.2, -0.15) is 0 Å². The third kappa shape index (κ3) is 3.74. The Morgan fingerprint density at radius 2 is 2.14 bits per heavy atom. The molecule has 1 aromatic carbocycles. The lowest BCUT2D eigenvalue weighted by atomic mass is 9.99. The minimum Gasteiger partial charge on any atom is -0.497 e. The number of amides is 2. The number of benzene rings is 1. The molecule has 1 unspecified atom stereocenters. The SMILES string of the molecule is COc1cccc(CN2C(=O)CNC(=O)C2CC(C)C)c1. The number of methoxy groups -OCH3 is 1. The zero-order valence-electron chi connectivity index (χ0n) is 12.8. The van der Waals surface area contributed by atoms with Gasteiger partial charge in [-0.15, -0.1) is 0 Å². The molecule has 1 heterocycles. The summed E-state index contributed by atoms with van der Waals surface area (Å²) in [6, 6.07) is 7.19. The summed E-state index contributed by atoms with van der Waals surface area (Å²) in [7, 11) is 1.61. The molecule has 0 aliphatic carbocycles. The molecule has 1 atom stereocenters. The number of hydrogen-bond acceptors (Lipinski definition) is 3. The molecule has 1 saturated heterocycles. The average Bonchev–Trinajstić information content (AvgIpc) is 2.46. The van der Waals surface area contributed by atoms with Gasteiger partial charge < -0.3 is 15.0 Å². The van der Waals surface area contributed by atoms with E-state index in [1.54, 1.807) is 12.0 Å². The standard InChI is InChI=1S/C16H22N2O3/c1-11(2)7-14-16(20)17-9-15(19)18(14)10-12-5-4-6-13(8-12)21-3/h4-6,8,11,14H,7,9-10H2,1-3H3,(H,17,20). The van der Waals surface area contributed by atoms with Crippen molar-refractivity contribution in [3.05, 3.63) is 29.8 Å². The van der Waals surface area contributed by atoms with Crippen LogP contribution < -0.4 is 10.1 Å². The van der Waals surface area contributed by atoms with E-state index >= 15 is 0 Å². The van der Waals surface area contributed by atoms with E-state index in [4.69, 9.17) is 4.74 Å². The Kier molecular flexibility index (Phi) is 4.83. The summed E-state index contributed by atoms with van der Waals surface area (Å²) < 4.78 is 5.20. The van der Waals surface area contributed by atoms with Crippen molar-refractivity contribution >= 4 is 11.8 Å². The summed E-state index contributed by atoms with van der Waals surface area (Å²) in [6.45, 7) is 4.62. The summed E-state index contributed by atoms with van der Waals surface area (Å²) in [5.74, 6) is 0.996. The first-order chi connectivity index (χ1) is 10.0. The van der Waals surface area contributed by atoms with Crippen LogP contribution in [0.1, 0.15) is 25.8 Å². The van der Waals surface area contributed by atoms with Gasteiger partial charge in [-0.3, -0.25) is 9.59 Å². The molecule has 0 bridgehead atoms. The molecule has 5 heteroatoms. The van der Waals surface area contributed by atoms with Gasteiger partial charge in [-0.1, -0.05) is 26.0 Å². The summed E-state index contributed by atoms with van der Waals surface area (Å²) in [5, 5.41) is 2.67. The predicted molar refractivity (Wildman–Crippen MR) is 79.8 cm³/mol. The maximum atomic E-state index is 12.2. The third-order valence-corrected chi connectivity index (χ3v) is 3.59. The largest absolute Gasteiger partial charge is 0.497 e. The first-order valence-electron chi connectivity index (χ1n) is 7.21. The van der Waals surface area contributed by atoms with E-state index in [-0.39, 0.29) is 18.4 Å². The number of carbonyl (C=O) groups excluding carboxylic acids is 2. The van der Waals surface area contributed by atoms with Gasteiger partial charge in [0.2, 0.25) is 11.8 Å². The molecule has 21 heavy (non-hydrogen) atoms. The molecular formula is C16H22N2O3. The number of nitrogens with one attached hydrogen (secondary N) is 1. The molecule has 2 rings (SSSR count). The zero-order valence-corrected chi connectivity index (χ0v) is 12.8. The van der Waals surface area contributed by atoms with Gasteiger partial charge >= 0.3 is 0 Å². The van der Waals surface area contributed by atoms with E-state index in [0.717, 1.165) is 11.3 Å². The van der Waals surface area contributed by atoms with Crippen molar-refractivity contribution in [1.82, 2.24) is 10.2 Å². The summed E-state index contributed by atoms with van der Waals surface area (Å²) in [4.78, 5) is 25.9. The normalized spacial score (nSPS) is 18.9. The van der Waals surface area contributed by atoms with Crippen molar-refractivity contribution in [2.24, 2.45) is 5.92 Å². The molecule has 114 valence electrons. The van der Waals surface area contributed by atoms with Crippen molar-refractivity contribution in [2.45, 2.75) is 32.9 Å². The maximum Gasteiger partial charge on any atom is 0.243 e. The lowest BCUT2D eigenvalue weighted by Crippen LogP contribution is -2.58. The van der Waals surface area contributed by atoms with Gasteiger partial charge in [0.25, 0.3) is 0 Å². The van der Waals surface area contributed by atoms with Crippen LogP contribution in [0.15, 0.2) is 24.3 Å². The molecule has 1 aromatic rings. The molecule has 1 aliphatic rings. The van der Waals surface area contributed by atoms with Gasteiger partial charge in [0.05, 0.1) is 13.7 Å². The Labute approximate surface area is 125 Å². The highest BCUT2D eigenvalue weighted by atomic mass is 16.5. The number of carbonyl (C=O) groups is 2. The van der Waals surface area contributed by atoms with Crippen LogP contribution in [0.25, 0.3) is 0 Å². The van der Waals surface area contributed by atoms with Gasteiger partial charge in [0.15, 0.2) is 0 Å². The lowest BCUT2D eigenvalue weighted by Gasteiger charge is -2.36. The molecule has 1 fully saturated rings. The second-order valence-electron chi connectivity index (χ2n) is 5.74. The topological polar surface area (TPSA) is 58.6 Å². The highest BCUT2D eigenvalue weighted by molar-refractivity contribution is 5.94. The minimum absolute atomic E-state index is 0.0388. The van der Waals surface area contributed by atoms with E-state index in [2.05, 4.69) is 19.2 Å². The zero-order chi connectivity index (χ0) is 15.4. The average molecular weight is 290 g/mol. The Morgan fingerprint density at radius 3 is 2.81 bits per heavy atom. The Morgan fingerprint density at radius 1 is 1.38 bits per heavy atom. The monoisotopic (exact) mass is 290 g/mol. The number of ether oxygens (including phenoxy) is 1. The van der Waals surface area contributed by atoms with Crippen LogP contribution in [0, 0.1) is 5.92 Å². The second-order valence-corrected chi connectivity index (χ2v) is 5.74. The van der Waals surface area contributed by atoms with Crippen molar-refractivity contribution in [3.63, 3.8) is 0 Å². The van der Waals surface area contributed by atoms with E-state index in [1.165, 1.54) is 0 Å². The maximum absolute atomic E-state index is 12.2.